The monoisotopic (exact) mass is 560 g/mol. The fourth-order valence-electron chi connectivity index (χ4n) is 4.40. The normalized spacial score (nSPS) is 19.9. The van der Waals surface area contributed by atoms with Crippen molar-refractivity contribution in [2.75, 3.05) is 40.4 Å². The molecule has 2 unspecified atom stereocenters. The number of hydrogen-bond donors (Lipinski definition) is 3. The number of aliphatic hydroxyl groups is 1. The van der Waals surface area contributed by atoms with Crippen molar-refractivity contribution in [3.8, 4) is 11.5 Å². The Morgan fingerprint density at radius 2 is 2.00 bits per heavy atom. The molecule has 1 aliphatic heterocycles. The number of aliphatic hydroxyl groups excluding tert-OH is 1. The molecule has 2 fully saturated rings. The van der Waals surface area contributed by atoms with Gasteiger partial charge >= 0.3 is 0 Å². The first kappa shape index (κ1) is 26.5. The summed E-state index contributed by atoms with van der Waals surface area (Å²) >= 11 is 0. The molecule has 1 amide bonds. The highest BCUT2D eigenvalue weighted by Crippen LogP contribution is 2.30. The van der Waals surface area contributed by atoms with Gasteiger partial charge in [0.15, 0.2) is 5.96 Å². The molecule has 180 valence electrons. The number of methoxy groups -OCH3 is 2. The third-order valence-corrected chi connectivity index (χ3v) is 6.11. The van der Waals surface area contributed by atoms with Crippen LogP contribution in [-0.4, -0.2) is 68.3 Å². The van der Waals surface area contributed by atoms with Crippen molar-refractivity contribution in [1.29, 1.82) is 0 Å². The zero-order valence-corrected chi connectivity index (χ0v) is 21.6. The summed E-state index contributed by atoms with van der Waals surface area (Å²) in [6.45, 7) is 4.38. The molecule has 1 saturated heterocycles. The molecular weight excluding hydrogens is 523 g/mol. The topological polar surface area (TPSA) is 95.4 Å². The predicted octanol–water partition coefficient (Wildman–Crippen LogP) is 2.70. The smallest absolute Gasteiger partial charge is 0.225 e. The molecule has 8 nitrogen and oxygen atoms in total. The van der Waals surface area contributed by atoms with Crippen LogP contribution in [0, 0.1) is 5.92 Å². The largest absolute Gasteiger partial charge is 0.497 e. The summed E-state index contributed by atoms with van der Waals surface area (Å²) in [7, 11) is 3.16. The van der Waals surface area contributed by atoms with Crippen LogP contribution >= 0.6 is 24.0 Å². The second-order valence-electron chi connectivity index (χ2n) is 8.24. The van der Waals surface area contributed by atoms with E-state index in [1.807, 2.05) is 11.8 Å². The van der Waals surface area contributed by atoms with Gasteiger partial charge in [-0.2, -0.15) is 0 Å². The fraction of sp³-hybridized carbons (Fsp3) is 0.652. The average molecular weight is 560 g/mol. The lowest BCUT2D eigenvalue weighted by atomic mass is 10.1. The van der Waals surface area contributed by atoms with Crippen LogP contribution < -0.4 is 20.1 Å². The van der Waals surface area contributed by atoms with Gasteiger partial charge in [0.2, 0.25) is 5.91 Å². The van der Waals surface area contributed by atoms with Crippen molar-refractivity contribution in [1.82, 2.24) is 15.5 Å². The molecule has 1 heterocycles. The van der Waals surface area contributed by atoms with E-state index in [0.717, 1.165) is 25.8 Å². The SMILES string of the molecule is CCNC(=NCC(O)c1cc(OC)ccc1OC)NC1CCN(C(=O)C2CCCC2)C1.I. The summed E-state index contributed by atoms with van der Waals surface area (Å²) in [5.74, 6) is 2.42. The number of likely N-dealkylation sites (tertiary alicyclic amines) is 1. The number of hydrogen-bond acceptors (Lipinski definition) is 5. The van der Waals surface area contributed by atoms with E-state index in [2.05, 4.69) is 15.6 Å². The third kappa shape index (κ3) is 6.87. The maximum Gasteiger partial charge on any atom is 0.225 e. The van der Waals surface area contributed by atoms with Gasteiger partial charge in [-0.25, -0.2) is 0 Å². The van der Waals surface area contributed by atoms with Crippen LogP contribution in [0.25, 0.3) is 0 Å². The Morgan fingerprint density at radius 1 is 1.25 bits per heavy atom. The molecule has 3 rings (SSSR count). The van der Waals surface area contributed by atoms with E-state index in [4.69, 9.17) is 9.47 Å². The van der Waals surface area contributed by atoms with Gasteiger partial charge in [-0.3, -0.25) is 9.79 Å². The second kappa shape index (κ2) is 13.1. The van der Waals surface area contributed by atoms with E-state index in [9.17, 15) is 9.90 Å². The van der Waals surface area contributed by atoms with E-state index in [-0.39, 0.29) is 42.5 Å². The van der Waals surface area contributed by atoms with E-state index in [1.54, 1.807) is 32.4 Å². The molecule has 0 aromatic heterocycles. The molecule has 0 radical (unpaired) electrons. The van der Waals surface area contributed by atoms with Gasteiger partial charge in [0.05, 0.1) is 20.8 Å². The Kier molecular flexibility index (Phi) is 10.8. The Balaban J connectivity index is 0.00000363. The minimum Gasteiger partial charge on any atom is -0.497 e. The summed E-state index contributed by atoms with van der Waals surface area (Å²) in [6, 6.07) is 5.50. The number of rotatable bonds is 8. The quantitative estimate of drug-likeness (QED) is 0.257. The highest BCUT2D eigenvalue weighted by Gasteiger charge is 2.32. The number of halogens is 1. The molecule has 0 spiro atoms. The number of nitrogens with zero attached hydrogens (tertiary/aromatic N) is 2. The Bertz CT molecular complexity index is 770. The number of carbonyl (C=O) groups is 1. The first-order valence-corrected chi connectivity index (χ1v) is 11.3. The van der Waals surface area contributed by atoms with Gasteiger partial charge in [-0.15, -0.1) is 24.0 Å². The van der Waals surface area contributed by atoms with Crippen LogP contribution in [-0.2, 0) is 4.79 Å². The van der Waals surface area contributed by atoms with Crippen LogP contribution in [0.1, 0.15) is 50.7 Å². The molecular formula is C23H37IN4O4. The number of carbonyl (C=O) groups excluding carboxylic acids is 1. The van der Waals surface area contributed by atoms with Crippen molar-refractivity contribution in [3.63, 3.8) is 0 Å². The second-order valence-corrected chi connectivity index (χ2v) is 8.24. The lowest BCUT2D eigenvalue weighted by molar-refractivity contribution is -0.134. The van der Waals surface area contributed by atoms with E-state index < -0.39 is 6.10 Å². The summed E-state index contributed by atoms with van der Waals surface area (Å²) in [4.78, 5) is 19.3. The van der Waals surface area contributed by atoms with Gasteiger partial charge in [-0.1, -0.05) is 12.8 Å². The zero-order chi connectivity index (χ0) is 22.2. The van der Waals surface area contributed by atoms with E-state index in [1.165, 1.54) is 12.8 Å². The van der Waals surface area contributed by atoms with Gasteiger partial charge < -0.3 is 30.1 Å². The number of guanidine groups is 1. The van der Waals surface area contributed by atoms with Crippen LogP contribution in [0.4, 0.5) is 0 Å². The minimum absolute atomic E-state index is 0. The van der Waals surface area contributed by atoms with Crippen molar-refractivity contribution in [3.05, 3.63) is 23.8 Å². The number of nitrogens with one attached hydrogen (secondary N) is 2. The van der Waals surface area contributed by atoms with Gasteiger partial charge in [0.25, 0.3) is 0 Å². The first-order chi connectivity index (χ1) is 15.0. The number of ether oxygens (including phenoxy) is 2. The Morgan fingerprint density at radius 3 is 2.66 bits per heavy atom. The lowest BCUT2D eigenvalue weighted by Gasteiger charge is -2.22. The van der Waals surface area contributed by atoms with Gasteiger partial charge in [-0.05, 0) is 44.4 Å². The highest BCUT2D eigenvalue weighted by molar-refractivity contribution is 14.0. The van der Waals surface area contributed by atoms with E-state index >= 15 is 0 Å². The molecule has 9 heteroatoms. The molecule has 1 aromatic carbocycles. The first-order valence-electron chi connectivity index (χ1n) is 11.3. The van der Waals surface area contributed by atoms with E-state index in [0.29, 0.717) is 42.0 Å². The molecule has 2 atom stereocenters. The van der Waals surface area contributed by atoms with Crippen molar-refractivity contribution in [2.45, 2.75) is 51.2 Å². The zero-order valence-electron chi connectivity index (χ0n) is 19.3. The van der Waals surface area contributed by atoms with Gasteiger partial charge in [0.1, 0.15) is 17.6 Å². The molecule has 0 bridgehead atoms. The maximum atomic E-state index is 12.7. The number of benzene rings is 1. The summed E-state index contributed by atoms with van der Waals surface area (Å²) in [5.41, 5.74) is 0.635. The molecule has 32 heavy (non-hydrogen) atoms. The molecule has 2 aliphatic rings. The molecule has 1 aliphatic carbocycles. The van der Waals surface area contributed by atoms with Crippen molar-refractivity contribution < 1.29 is 19.4 Å². The molecule has 1 saturated carbocycles. The van der Waals surface area contributed by atoms with Crippen molar-refractivity contribution >= 4 is 35.8 Å². The predicted molar refractivity (Wildman–Crippen MR) is 136 cm³/mol. The van der Waals surface area contributed by atoms with Gasteiger partial charge in [0, 0.05) is 37.2 Å². The number of amides is 1. The average Bonchev–Trinajstić information content (AvgIpc) is 3.49. The van der Waals surface area contributed by atoms with Crippen LogP contribution in [0.3, 0.4) is 0 Å². The molecule has 1 aromatic rings. The Hall–Kier alpha value is -1.75. The third-order valence-electron chi connectivity index (χ3n) is 6.11. The number of aliphatic imine (C=N–C) groups is 1. The lowest BCUT2D eigenvalue weighted by Crippen LogP contribution is -2.45. The van der Waals surface area contributed by atoms with Crippen LogP contribution in [0.15, 0.2) is 23.2 Å². The summed E-state index contributed by atoms with van der Waals surface area (Å²) < 4.78 is 10.6. The molecule has 3 N–H and O–H groups in total. The van der Waals surface area contributed by atoms with Crippen molar-refractivity contribution in [2.24, 2.45) is 10.9 Å². The van der Waals surface area contributed by atoms with Crippen LogP contribution in [0.2, 0.25) is 0 Å². The fourth-order valence-corrected chi connectivity index (χ4v) is 4.40. The standard InChI is InChI=1S/C23H36N4O4.HI/c1-4-24-23(25-14-20(28)19-13-18(30-2)9-10-21(19)31-3)26-17-11-12-27(15-17)22(29)16-7-5-6-8-16;/h9-10,13,16-17,20,28H,4-8,11-12,14-15H2,1-3H3,(H2,24,25,26);1H. The maximum absolute atomic E-state index is 12.7. The summed E-state index contributed by atoms with van der Waals surface area (Å²) in [6.07, 6.45) is 4.47. The highest BCUT2D eigenvalue weighted by atomic mass is 127. The summed E-state index contributed by atoms with van der Waals surface area (Å²) in [5, 5.41) is 17.4. The van der Waals surface area contributed by atoms with Crippen LogP contribution in [0.5, 0.6) is 11.5 Å². The Labute approximate surface area is 208 Å². The minimum atomic E-state index is -0.829.